The molecule has 0 aliphatic rings. The van der Waals surface area contributed by atoms with Gasteiger partial charge in [-0.15, -0.1) is 20.4 Å². The average molecular weight is 595 g/mol. The van der Waals surface area contributed by atoms with Crippen LogP contribution in [0.1, 0.15) is 11.1 Å². The Labute approximate surface area is 251 Å². The van der Waals surface area contributed by atoms with E-state index in [-0.39, 0.29) is 0 Å². The van der Waals surface area contributed by atoms with Crippen molar-refractivity contribution in [2.75, 3.05) is 14.2 Å². The predicted octanol–water partition coefficient (Wildman–Crippen LogP) is 8.06. The molecular formula is C32H26N4O4S2. The third-order valence-corrected chi connectivity index (χ3v) is 8.18. The smallest absolute Gasteiger partial charge is 0.277 e. The Morgan fingerprint density at radius 3 is 1.95 bits per heavy atom. The van der Waals surface area contributed by atoms with Crippen molar-refractivity contribution in [2.45, 2.75) is 22.0 Å². The summed E-state index contributed by atoms with van der Waals surface area (Å²) in [7, 11) is 3.34. The number of nitrogens with zero attached hydrogens (tertiary/aromatic N) is 4. The molecule has 2 heterocycles. The van der Waals surface area contributed by atoms with E-state index < -0.39 is 0 Å². The van der Waals surface area contributed by atoms with Crippen LogP contribution in [0.3, 0.4) is 0 Å². The molecule has 0 bridgehead atoms. The minimum Gasteiger partial charge on any atom is -0.497 e. The molecule has 6 aromatic rings. The normalized spacial score (nSPS) is 11.0. The van der Waals surface area contributed by atoms with Crippen LogP contribution in [0.15, 0.2) is 116 Å². The highest BCUT2D eigenvalue weighted by Gasteiger charge is 2.16. The Morgan fingerprint density at radius 2 is 1.24 bits per heavy atom. The minimum absolute atomic E-state index is 0.463. The maximum absolute atomic E-state index is 5.99. The predicted molar refractivity (Wildman–Crippen MR) is 164 cm³/mol. The van der Waals surface area contributed by atoms with Crippen LogP contribution >= 0.6 is 23.5 Å². The maximum Gasteiger partial charge on any atom is 0.277 e. The van der Waals surface area contributed by atoms with Crippen LogP contribution in [0.4, 0.5) is 0 Å². The Kier molecular flexibility index (Phi) is 8.53. The molecule has 0 aliphatic heterocycles. The molecule has 6 rings (SSSR count). The lowest BCUT2D eigenvalue weighted by molar-refractivity contribution is 0.413. The van der Waals surface area contributed by atoms with Crippen LogP contribution in [0.5, 0.6) is 11.5 Å². The molecular weight excluding hydrogens is 569 g/mol. The quantitative estimate of drug-likeness (QED) is 0.137. The van der Waals surface area contributed by atoms with Gasteiger partial charge in [-0.2, -0.15) is 0 Å². The van der Waals surface area contributed by atoms with Crippen molar-refractivity contribution in [1.29, 1.82) is 0 Å². The fraction of sp³-hybridized carbons (Fsp3) is 0.125. The van der Waals surface area contributed by atoms with E-state index in [0.29, 0.717) is 33.7 Å². The topological polar surface area (TPSA) is 96.3 Å². The Morgan fingerprint density at radius 1 is 0.595 bits per heavy atom. The van der Waals surface area contributed by atoms with Gasteiger partial charge in [0.1, 0.15) is 11.5 Å². The van der Waals surface area contributed by atoms with E-state index in [1.54, 1.807) is 14.2 Å². The van der Waals surface area contributed by atoms with Gasteiger partial charge in [0.25, 0.3) is 10.4 Å². The van der Waals surface area contributed by atoms with E-state index >= 15 is 0 Å². The lowest BCUT2D eigenvalue weighted by atomic mass is 10.00. The number of rotatable bonds is 11. The highest BCUT2D eigenvalue weighted by atomic mass is 32.2. The molecule has 0 radical (unpaired) electrons. The number of hydrogen-bond acceptors (Lipinski definition) is 10. The van der Waals surface area contributed by atoms with Crippen LogP contribution in [-0.2, 0) is 11.5 Å². The largest absolute Gasteiger partial charge is 0.497 e. The Hall–Kier alpha value is -4.54. The summed E-state index contributed by atoms with van der Waals surface area (Å²) in [4.78, 5) is 0. The van der Waals surface area contributed by atoms with Crippen LogP contribution in [0.25, 0.3) is 34.0 Å². The second-order valence-electron chi connectivity index (χ2n) is 9.12. The van der Waals surface area contributed by atoms with Gasteiger partial charge in [-0.3, -0.25) is 0 Å². The van der Waals surface area contributed by atoms with Gasteiger partial charge in [-0.05, 0) is 47.5 Å². The van der Waals surface area contributed by atoms with Gasteiger partial charge < -0.3 is 18.3 Å². The molecule has 0 saturated carbocycles. The van der Waals surface area contributed by atoms with Gasteiger partial charge >= 0.3 is 0 Å². The minimum atomic E-state index is 0.463. The Bertz CT molecular complexity index is 1770. The summed E-state index contributed by atoms with van der Waals surface area (Å²) in [5.41, 5.74) is 5.81. The number of hydrogen-bond donors (Lipinski definition) is 0. The van der Waals surface area contributed by atoms with Crippen LogP contribution in [0.2, 0.25) is 0 Å². The lowest BCUT2D eigenvalue weighted by Crippen LogP contribution is -1.94. The molecule has 0 unspecified atom stereocenters. The first-order chi connectivity index (χ1) is 20.7. The molecule has 0 aliphatic carbocycles. The van der Waals surface area contributed by atoms with E-state index in [4.69, 9.17) is 18.3 Å². The zero-order valence-corrected chi connectivity index (χ0v) is 24.5. The van der Waals surface area contributed by atoms with Crippen molar-refractivity contribution in [3.8, 4) is 45.5 Å². The van der Waals surface area contributed by atoms with E-state index in [9.17, 15) is 0 Å². The number of benzene rings is 4. The zero-order chi connectivity index (χ0) is 28.7. The molecule has 0 saturated heterocycles. The highest BCUT2D eigenvalue weighted by molar-refractivity contribution is 7.98. The van der Waals surface area contributed by atoms with Crippen molar-refractivity contribution in [2.24, 2.45) is 0 Å². The van der Waals surface area contributed by atoms with Gasteiger partial charge in [-0.1, -0.05) is 84.2 Å². The number of aromatic nitrogens is 4. The highest BCUT2D eigenvalue weighted by Crippen LogP contribution is 2.38. The first kappa shape index (κ1) is 27.6. The van der Waals surface area contributed by atoms with E-state index in [0.717, 1.165) is 44.9 Å². The molecule has 8 nitrogen and oxygen atoms in total. The monoisotopic (exact) mass is 594 g/mol. The molecule has 210 valence electrons. The summed E-state index contributed by atoms with van der Waals surface area (Å²) in [6.07, 6.45) is 0. The fourth-order valence-corrected chi connectivity index (χ4v) is 5.80. The number of methoxy groups -OCH3 is 2. The van der Waals surface area contributed by atoms with Crippen molar-refractivity contribution in [3.63, 3.8) is 0 Å². The third-order valence-electron chi connectivity index (χ3n) is 6.43. The summed E-state index contributed by atoms with van der Waals surface area (Å²) >= 11 is 2.96. The zero-order valence-electron chi connectivity index (χ0n) is 22.9. The summed E-state index contributed by atoms with van der Waals surface area (Å²) in [6.45, 7) is 0. The van der Waals surface area contributed by atoms with Gasteiger partial charge in [0.05, 0.1) is 14.2 Å². The summed E-state index contributed by atoms with van der Waals surface area (Å²) < 4.78 is 23.0. The molecule has 42 heavy (non-hydrogen) atoms. The van der Waals surface area contributed by atoms with Crippen LogP contribution in [-0.4, -0.2) is 34.6 Å². The first-order valence-electron chi connectivity index (χ1n) is 13.1. The van der Waals surface area contributed by atoms with Gasteiger partial charge in [-0.25, -0.2) is 0 Å². The van der Waals surface area contributed by atoms with E-state index in [2.05, 4.69) is 20.4 Å². The van der Waals surface area contributed by atoms with Crippen molar-refractivity contribution >= 4 is 23.5 Å². The van der Waals surface area contributed by atoms with Crippen LogP contribution in [0, 0.1) is 0 Å². The SMILES string of the molecule is COc1ccc(CSc2nnc(-c3cccc(-c4cccc(CSc5nnc(-c6ccccc6)o5)c4OC)c3)o2)cc1. The summed E-state index contributed by atoms with van der Waals surface area (Å²) in [5, 5.41) is 17.9. The molecule has 0 fully saturated rings. The number of ether oxygens (including phenoxy) is 2. The standard InChI is InChI=1S/C32H26N4O4S2/c1-37-26-16-14-21(15-17-26)19-41-31-35-34-30(40-31)24-11-6-10-23(18-24)27-13-7-12-25(28(27)38-2)20-42-32-36-33-29(39-32)22-8-4-3-5-9-22/h3-18H,19-20H2,1-2H3. The average Bonchev–Trinajstić information content (AvgIpc) is 3.74. The van der Waals surface area contributed by atoms with Gasteiger partial charge in [0.15, 0.2) is 0 Å². The van der Waals surface area contributed by atoms with Crippen molar-refractivity contribution in [3.05, 3.63) is 108 Å². The molecule has 0 spiro atoms. The second-order valence-corrected chi connectivity index (χ2v) is 11.0. The molecule has 10 heteroatoms. The number of para-hydroxylation sites is 1. The van der Waals surface area contributed by atoms with Crippen molar-refractivity contribution in [1.82, 2.24) is 20.4 Å². The Balaban J connectivity index is 1.16. The molecule has 0 N–H and O–H groups in total. The first-order valence-corrected chi connectivity index (χ1v) is 15.0. The van der Waals surface area contributed by atoms with Gasteiger partial charge in [0.2, 0.25) is 11.8 Å². The van der Waals surface area contributed by atoms with E-state index in [1.807, 2.05) is 97.1 Å². The molecule has 0 atom stereocenters. The lowest BCUT2D eigenvalue weighted by Gasteiger charge is -2.13. The molecule has 0 amide bonds. The van der Waals surface area contributed by atoms with E-state index in [1.165, 1.54) is 23.5 Å². The summed E-state index contributed by atoms with van der Waals surface area (Å²) in [6, 6.07) is 31.8. The maximum atomic E-state index is 5.99. The molecule has 4 aromatic carbocycles. The van der Waals surface area contributed by atoms with Crippen molar-refractivity contribution < 1.29 is 18.3 Å². The second kappa shape index (κ2) is 13.0. The van der Waals surface area contributed by atoms with Gasteiger partial charge in [0, 0.05) is 33.8 Å². The summed E-state index contributed by atoms with van der Waals surface area (Å²) in [5.74, 6) is 3.89. The molecule has 2 aromatic heterocycles. The van der Waals surface area contributed by atoms with Crippen LogP contribution < -0.4 is 9.47 Å². The number of thioether (sulfide) groups is 2. The third kappa shape index (κ3) is 6.35. The fourth-order valence-electron chi connectivity index (χ4n) is 4.34.